The number of fused-ring (bicyclic) bond motifs is 3. The summed E-state index contributed by atoms with van der Waals surface area (Å²) in [5, 5.41) is 3.67. The maximum Gasteiger partial charge on any atom is 0.0789 e. The van der Waals surface area contributed by atoms with Crippen molar-refractivity contribution in [2.45, 2.75) is 6.92 Å². The number of benzene rings is 3. The van der Waals surface area contributed by atoms with Gasteiger partial charge < -0.3 is 0 Å². The van der Waals surface area contributed by atoms with Gasteiger partial charge in [-0.1, -0.05) is 66.7 Å². The number of pyridine rings is 1. The van der Waals surface area contributed by atoms with Crippen molar-refractivity contribution in [2.75, 3.05) is 0 Å². The minimum atomic E-state index is 1.05. The Labute approximate surface area is 123 Å². The second-order valence-corrected chi connectivity index (χ2v) is 5.36. The fraction of sp³-hybridized carbons (Fsp3) is 0.0500. The SMILES string of the molecule is Cc1cc(-c2ccccc2)c2ccc3ccccc3c2n1. The first-order chi connectivity index (χ1) is 10.3. The summed E-state index contributed by atoms with van der Waals surface area (Å²) in [7, 11) is 0. The van der Waals surface area contributed by atoms with Crippen LogP contribution in [0.5, 0.6) is 0 Å². The summed E-state index contributed by atoms with van der Waals surface area (Å²) in [4.78, 5) is 4.79. The molecule has 0 amide bonds. The van der Waals surface area contributed by atoms with Gasteiger partial charge in [0.25, 0.3) is 0 Å². The monoisotopic (exact) mass is 269 g/mol. The number of aromatic nitrogens is 1. The van der Waals surface area contributed by atoms with Gasteiger partial charge in [-0.3, -0.25) is 4.98 Å². The highest BCUT2D eigenvalue weighted by Crippen LogP contribution is 2.32. The predicted octanol–water partition coefficient (Wildman–Crippen LogP) is 5.36. The lowest BCUT2D eigenvalue weighted by Crippen LogP contribution is -1.89. The zero-order chi connectivity index (χ0) is 14.2. The Bertz CT molecular complexity index is 940. The van der Waals surface area contributed by atoms with Crippen LogP contribution in [0.4, 0.5) is 0 Å². The molecule has 1 heteroatoms. The first kappa shape index (κ1) is 12.1. The van der Waals surface area contributed by atoms with E-state index >= 15 is 0 Å². The lowest BCUT2D eigenvalue weighted by molar-refractivity contribution is 1.26. The van der Waals surface area contributed by atoms with Gasteiger partial charge in [-0.15, -0.1) is 0 Å². The molecule has 0 spiro atoms. The fourth-order valence-electron chi connectivity index (χ4n) is 2.94. The number of hydrogen-bond donors (Lipinski definition) is 0. The molecule has 0 bridgehead atoms. The maximum absolute atomic E-state index is 4.79. The molecule has 1 nitrogen and oxygen atoms in total. The van der Waals surface area contributed by atoms with Crippen LogP contribution in [0.15, 0.2) is 72.8 Å². The molecule has 0 N–H and O–H groups in total. The molecule has 0 aliphatic carbocycles. The summed E-state index contributed by atoms with van der Waals surface area (Å²) in [6.45, 7) is 2.06. The van der Waals surface area contributed by atoms with Crippen LogP contribution in [0, 0.1) is 6.92 Å². The Morgan fingerprint density at radius 2 is 1.48 bits per heavy atom. The minimum Gasteiger partial charge on any atom is -0.252 e. The Kier molecular flexibility index (Phi) is 2.71. The molecule has 21 heavy (non-hydrogen) atoms. The van der Waals surface area contributed by atoms with Gasteiger partial charge in [0, 0.05) is 16.5 Å². The third-order valence-electron chi connectivity index (χ3n) is 3.92. The van der Waals surface area contributed by atoms with Gasteiger partial charge in [0.2, 0.25) is 0 Å². The van der Waals surface area contributed by atoms with E-state index in [0.29, 0.717) is 0 Å². The number of aryl methyl sites for hydroxylation is 1. The third kappa shape index (κ3) is 1.98. The summed E-state index contributed by atoms with van der Waals surface area (Å²) in [5.74, 6) is 0. The summed E-state index contributed by atoms with van der Waals surface area (Å²) >= 11 is 0. The van der Waals surface area contributed by atoms with Crippen molar-refractivity contribution in [2.24, 2.45) is 0 Å². The highest BCUT2D eigenvalue weighted by molar-refractivity contribution is 6.09. The first-order valence-corrected chi connectivity index (χ1v) is 7.17. The Hall–Kier alpha value is -2.67. The van der Waals surface area contributed by atoms with Crippen LogP contribution in [0.2, 0.25) is 0 Å². The van der Waals surface area contributed by atoms with E-state index in [4.69, 9.17) is 4.98 Å². The quantitative estimate of drug-likeness (QED) is 0.424. The molecule has 4 aromatic rings. The summed E-state index contributed by atoms with van der Waals surface area (Å²) in [5.41, 5.74) is 4.64. The number of rotatable bonds is 1. The smallest absolute Gasteiger partial charge is 0.0789 e. The molecular weight excluding hydrogens is 254 g/mol. The maximum atomic E-state index is 4.79. The highest BCUT2D eigenvalue weighted by Gasteiger charge is 2.08. The molecule has 1 aromatic heterocycles. The Balaban J connectivity index is 2.15. The second kappa shape index (κ2) is 4.71. The molecule has 3 aromatic carbocycles. The lowest BCUT2D eigenvalue weighted by atomic mass is 9.97. The molecule has 0 aliphatic rings. The van der Waals surface area contributed by atoms with Crippen molar-refractivity contribution in [3.05, 3.63) is 78.5 Å². The Morgan fingerprint density at radius 3 is 2.33 bits per heavy atom. The van der Waals surface area contributed by atoms with Gasteiger partial charge in [0.1, 0.15) is 0 Å². The van der Waals surface area contributed by atoms with Crippen LogP contribution in [0.1, 0.15) is 5.69 Å². The van der Waals surface area contributed by atoms with Gasteiger partial charge in [-0.05, 0) is 29.5 Å². The van der Waals surface area contributed by atoms with Crippen LogP contribution in [-0.2, 0) is 0 Å². The zero-order valence-corrected chi connectivity index (χ0v) is 11.9. The van der Waals surface area contributed by atoms with E-state index in [0.717, 1.165) is 11.2 Å². The van der Waals surface area contributed by atoms with E-state index in [1.807, 2.05) is 0 Å². The van der Waals surface area contributed by atoms with E-state index in [1.54, 1.807) is 0 Å². The summed E-state index contributed by atoms with van der Waals surface area (Å²) < 4.78 is 0. The predicted molar refractivity (Wildman–Crippen MR) is 89.4 cm³/mol. The molecule has 0 aliphatic heterocycles. The average molecular weight is 269 g/mol. The molecule has 0 unspecified atom stereocenters. The number of nitrogens with zero attached hydrogens (tertiary/aromatic N) is 1. The van der Waals surface area contributed by atoms with Crippen LogP contribution >= 0.6 is 0 Å². The molecule has 0 saturated heterocycles. The molecule has 0 fully saturated rings. The van der Waals surface area contributed by atoms with Gasteiger partial charge in [-0.25, -0.2) is 0 Å². The minimum absolute atomic E-state index is 1.05. The largest absolute Gasteiger partial charge is 0.252 e. The van der Waals surface area contributed by atoms with E-state index in [9.17, 15) is 0 Å². The van der Waals surface area contributed by atoms with Crippen molar-refractivity contribution in [1.29, 1.82) is 0 Å². The van der Waals surface area contributed by atoms with E-state index < -0.39 is 0 Å². The van der Waals surface area contributed by atoms with Crippen LogP contribution < -0.4 is 0 Å². The average Bonchev–Trinajstić information content (AvgIpc) is 2.55. The molecular formula is C20H15N. The van der Waals surface area contributed by atoms with Crippen LogP contribution in [-0.4, -0.2) is 4.98 Å². The van der Waals surface area contributed by atoms with Crippen molar-refractivity contribution in [3.63, 3.8) is 0 Å². The van der Waals surface area contributed by atoms with Crippen molar-refractivity contribution in [1.82, 2.24) is 4.98 Å². The second-order valence-electron chi connectivity index (χ2n) is 5.36. The Morgan fingerprint density at radius 1 is 0.714 bits per heavy atom. The van der Waals surface area contributed by atoms with Crippen LogP contribution in [0.25, 0.3) is 32.8 Å². The topological polar surface area (TPSA) is 12.9 Å². The van der Waals surface area contributed by atoms with Crippen molar-refractivity contribution in [3.8, 4) is 11.1 Å². The van der Waals surface area contributed by atoms with Gasteiger partial charge in [-0.2, -0.15) is 0 Å². The van der Waals surface area contributed by atoms with E-state index in [1.165, 1.54) is 27.3 Å². The van der Waals surface area contributed by atoms with Gasteiger partial charge in [0.05, 0.1) is 5.52 Å². The van der Waals surface area contributed by atoms with Gasteiger partial charge >= 0.3 is 0 Å². The lowest BCUT2D eigenvalue weighted by Gasteiger charge is -2.10. The first-order valence-electron chi connectivity index (χ1n) is 7.17. The number of hydrogen-bond acceptors (Lipinski definition) is 1. The van der Waals surface area contributed by atoms with E-state index in [2.05, 4.69) is 79.7 Å². The van der Waals surface area contributed by atoms with Crippen LogP contribution in [0.3, 0.4) is 0 Å². The normalized spacial score (nSPS) is 11.1. The van der Waals surface area contributed by atoms with Crippen molar-refractivity contribution < 1.29 is 0 Å². The summed E-state index contributed by atoms with van der Waals surface area (Å²) in [6, 6.07) is 25.5. The standard InChI is InChI=1S/C20H15N/c1-14-13-19(15-7-3-2-4-8-15)18-12-11-16-9-5-6-10-17(16)20(18)21-14/h2-13H,1H3. The summed E-state index contributed by atoms with van der Waals surface area (Å²) in [6.07, 6.45) is 0. The highest BCUT2D eigenvalue weighted by atomic mass is 14.7. The molecule has 100 valence electrons. The molecule has 0 saturated carbocycles. The third-order valence-corrected chi connectivity index (χ3v) is 3.92. The molecule has 0 atom stereocenters. The zero-order valence-electron chi connectivity index (χ0n) is 11.9. The fourth-order valence-corrected chi connectivity index (χ4v) is 2.94. The molecule has 0 radical (unpaired) electrons. The molecule has 1 heterocycles. The van der Waals surface area contributed by atoms with E-state index in [-0.39, 0.29) is 0 Å². The van der Waals surface area contributed by atoms with Gasteiger partial charge in [0.15, 0.2) is 0 Å². The van der Waals surface area contributed by atoms with Crippen molar-refractivity contribution >= 4 is 21.7 Å². The molecule has 4 rings (SSSR count).